The molecule has 2 aromatic rings. The van der Waals surface area contributed by atoms with Gasteiger partial charge in [-0.1, -0.05) is 11.2 Å². The SMILES string of the molecule is COc1cc(C)ccc1Oc1c(C)nn(C)c1[N+](=O)[O-]. The third-order valence-electron chi connectivity index (χ3n) is 2.84. The summed E-state index contributed by atoms with van der Waals surface area (Å²) in [5, 5.41) is 15.1. The molecule has 0 radical (unpaired) electrons. The average molecular weight is 277 g/mol. The second-order valence-corrected chi connectivity index (χ2v) is 4.38. The summed E-state index contributed by atoms with van der Waals surface area (Å²) < 4.78 is 12.1. The molecule has 0 amide bonds. The van der Waals surface area contributed by atoms with Crippen LogP contribution in [-0.2, 0) is 7.05 Å². The maximum atomic E-state index is 11.1. The molecule has 0 saturated carbocycles. The predicted octanol–water partition coefficient (Wildman–Crippen LogP) is 2.75. The van der Waals surface area contributed by atoms with E-state index in [1.54, 1.807) is 19.1 Å². The third kappa shape index (κ3) is 2.42. The highest BCUT2D eigenvalue weighted by molar-refractivity contribution is 5.50. The molecular formula is C13H15N3O4. The molecule has 0 saturated heterocycles. The van der Waals surface area contributed by atoms with E-state index in [0.717, 1.165) is 5.56 Å². The lowest BCUT2D eigenvalue weighted by Crippen LogP contribution is -2.00. The number of hydrogen-bond acceptors (Lipinski definition) is 5. The minimum Gasteiger partial charge on any atom is -0.493 e. The predicted molar refractivity (Wildman–Crippen MR) is 72.4 cm³/mol. The van der Waals surface area contributed by atoms with Gasteiger partial charge in [0.15, 0.2) is 11.5 Å². The van der Waals surface area contributed by atoms with E-state index in [1.165, 1.54) is 18.8 Å². The molecular weight excluding hydrogens is 262 g/mol. The summed E-state index contributed by atoms with van der Waals surface area (Å²) in [6.45, 7) is 3.58. The van der Waals surface area contributed by atoms with Crippen LogP contribution in [0.2, 0.25) is 0 Å². The Balaban J connectivity index is 2.47. The molecule has 1 heterocycles. The van der Waals surface area contributed by atoms with Gasteiger partial charge < -0.3 is 19.6 Å². The van der Waals surface area contributed by atoms with Crippen molar-refractivity contribution in [2.75, 3.05) is 7.11 Å². The Bertz CT molecular complexity index is 664. The van der Waals surface area contributed by atoms with E-state index >= 15 is 0 Å². The fourth-order valence-corrected chi connectivity index (χ4v) is 1.92. The largest absolute Gasteiger partial charge is 0.493 e. The van der Waals surface area contributed by atoms with Crippen molar-refractivity contribution in [3.8, 4) is 17.2 Å². The number of ether oxygens (including phenoxy) is 2. The van der Waals surface area contributed by atoms with Crippen LogP contribution in [0.5, 0.6) is 17.2 Å². The summed E-state index contributed by atoms with van der Waals surface area (Å²) in [7, 11) is 3.02. The first-order chi connectivity index (χ1) is 9.43. The van der Waals surface area contributed by atoms with Crippen molar-refractivity contribution in [2.24, 2.45) is 7.05 Å². The Morgan fingerprint density at radius 1 is 1.30 bits per heavy atom. The van der Waals surface area contributed by atoms with Gasteiger partial charge in [0.25, 0.3) is 0 Å². The van der Waals surface area contributed by atoms with Crippen LogP contribution in [0.25, 0.3) is 0 Å². The van der Waals surface area contributed by atoms with Crippen LogP contribution in [0, 0.1) is 24.0 Å². The van der Waals surface area contributed by atoms with Crippen molar-refractivity contribution in [3.05, 3.63) is 39.6 Å². The van der Waals surface area contributed by atoms with Crippen LogP contribution < -0.4 is 9.47 Å². The monoisotopic (exact) mass is 277 g/mol. The summed E-state index contributed by atoms with van der Waals surface area (Å²) in [5.74, 6) is 0.865. The molecule has 1 aromatic carbocycles. The van der Waals surface area contributed by atoms with Gasteiger partial charge in [0.05, 0.1) is 7.11 Å². The number of rotatable bonds is 4. The highest BCUT2D eigenvalue weighted by Gasteiger charge is 2.26. The average Bonchev–Trinajstić information content (AvgIpc) is 2.66. The molecule has 0 spiro atoms. The second-order valence-electron chi connectivity index (χ2n) is 4.38. The molecule has 20 heavy (non-hydrogen) atoms. The van der Waals surface area contributed by atoms with E-state index in [0.29, 0.717) is 17.2 Å². The molecule has 0 atom stereocenters. The zero-order chi connectivity index (χ0) is 14.9. The van der Waals surface area contributed by atoms with Gasteiger partial charge in [0.2, 0.25) is 5.75 Å². The Labute approximate surface area is 115 Å². The van der Waals surface area contributed by atoms with Crippen molar-refractivity contribution in [2.45, 2.75) is 13.8 Å². The molecule has 7 nitrogen and oxygen atoms in total. The Morgan fingerprint density at radius 2 is 2.00 bits per heavy atom. The van der Waals surface area contributed by atoms with Crippen molar-refractivity contribution >= 4 is 5.82 Å². The van der Waals surface area contributed by atoms with E-state index in [9.17, 15) is 10.1 Å². The van der Waals surface area contributed by atoms with Gasteiger partial charge in [0, 0.05) is 0 Å². The van der Waals surface area contributed by atoms with Crippen LogP contribution in [-0.4, -0.2) is 21.8 Å². The van der Waals surface area contributed by atoms with Crippen LogP contribution in [0.1, 0.15) is 11.3 Å². The number of nitro groups is 1. The fraction of sp³-hybridized carbons (Fsp3) is 0.308. The van der Waals surface area contributed by atoms with E-state index in [1.807, 2.05) is 13.0 Å². The Kier molecular flexibility index (Phi) is 3.60. The first-order valence-corrected chi connectivity index (χ1v) is 5.94. The molecule has 0 N–H and O–H groups in total. The standard InChI is InChI=1S/C13H15N3O4/c1-8-5-6-10(11(7-8)19-4)20-12-9(2)14-15(3)13(12)16(17)18/h5-7H,1-4H3. The lowest BCUT2D eigenvalue weighted by molar-refractivity contribution is -0.393. The van der Waals surface area contributed by atoms with Crippen molar-refractivity contribution in [3.63, 3.8) is 0 Å². The number of methoxy groups -OCH3 is 1. The first-order valence-electron chi connectivity index (χ1n) is 5.94. The molecule has 0 aliphatic heterocycles. The Hall–Kier alpha value is -2.57. The number of aromatic nitrogens is 2. The summed E-state index contributed by atoms with van der Waals surface area (Å²) in [6, 6.07) is 5.35. The van der Waals surface area contributed by atoms with Gasteiger partial charge >= 0.3 is 5.82 Å². The highest BCUT2D eigenvalue weighted by atomic mass is 16.6. The van der Waals surface area contributed by atoms with Crippen LogP contribution in [0.15, 0.2) is 18.2 Å². The molecule has 2 rings (SSSR count). The summed E-state index contributed by atoms with van der Waals surface area (Å²) in [6.07, 6.45) is 0. The summed E-state index contributed by atoms with van der Waals surface area (Å²) >= 11 is 0. The molecule has 0 fully saturated rings. The molecule has 106 valence electrons. The van der Waals surface area contributed by atoms with Gasteiger partial charge in [-0.2, -0.15) is 0 Å². The minimum absolute atomic E-state index is 0.125. The van der Waals surface area contributed by atoms with Gasteiger partial charge in [0.1, 0.15) is 12.7 Å². The number of hydrogen-bond donors (Lipinski definition) is 0. The normalized spacial score (nSPS) is 10.4. The number of nitrogens with zero attached hydrogens (tertiary/aromatic N) is 3. The summed E-state index contributed by atoms with van der Waals surface area (Å²) in [4.78, 5) is 10.6. The smallest absolute Gasteiger partial charge is 0.388 e. The topological polar surface area (TPSA) is 79.4 Å². The molecule has 1 aromatic heterocycles. The minimum atomic E-state index is -0.518. The molecule has 0 aliphatic rings. The zero-order valence-electron chi connectivity index (χ0n) is 11.7. The van der Waals surface area contributed by atoms with Crippen LogP contribution in [0.3, 0.4) is 0 Å². The van der Waals surface area contributed by atoms with E-state index in [2.05, 4.69) is 5.10 Å². The second kappa shape index (κ2) is 5.20. The molecule has 7 heteroatoms. The number of aryl methyl sites for hydroxylation is 3. The Morgan fingerprint density at radius 3 is 2.60 bits per heavy atom. The zero-order valence-corrected chi connectivity index (χ0v) is 11.7. The van der Waals surface area contributed by atoms with Gasteiger partial charge in [-0.05, 0) is 36.5 Å². The lowest BCUT2D eigenvalue weighted by Gasteiger charge is -2.10. The highest BCUT2D eigenvalue weighted by Crippen LogP contribution is 2.38. The van der Waals surface area contributed by atoms with Gasteiger partial charge in [-0.25, -0.2) is 0 Å². The lowest BCUT2D eigenvalue weighted by atomic mass is 10.2. The van der Waals surface area contributed by atoms with E-state index in [-0.39, 0.29) is 11.6 Å². The molecule has 0 unspecified atom stereocenters. The van der Waals surface area contributed by atoms with Gasteiger partial charge in [-0.3, -0.25) is 0 Å². The molecule has 0 bridgehead atoms. The molecule has 0 aliphatic carbocycles. The van der Waals surface area contributed by atoms with Crippen molar-refractivity contribution in [1.82, 2.24) is 9.78 Å². The van der Waals surface area contributed by atoms with Gasteiger partial charge in [-0.15, -0.1) is 4.68 Å². The third-order valence-corrected chi connectivity index (χ3v) is 2.84. The van der Waals surface area contributed by atoms with E-state index < -0.39 is 4.92 Å². The first kappa shape index (κ1) is 13.9. The van der Waals surface area contributed by atoms with Crippen molar-refractivity contribution < 1.29 is 14.4 Å². The number of benzene rings is 1. The maximum Gasteiger partial charge on any atom is 0.388 e. The fourth-order valence-electron chi connectivity index (χ4n) is 1.92. The quantitative estimate of drug-likeness (QED) is 0.634. The maximum absolute atomic E-state index is 11.1. The van der Waals surface area contributed by atoms with E-state index in [4.69, 9.17) is 9.47 Å². The van der Waals surface area contributed by atoms with Crippen molar-refractivity contribution in [1.29, 1.82) is 0 Å². The van der Waals surface area contributed by atoms with Crippen LogP contribution >= 0.6 is 0 Å². The summed E-state index contributed by atoms with van der Waals surface area (Å²) in [5.41, 5.74) is 1.45. The van der Waals surface area contributed by atoms with Crippen LogP contribution in [0.4, 0.5) is 5.82 Å².